The van der Waals surface area contributed by atoms with Crippen LogP contribution in [0.5, 0.6) is 5.75 Å². The van der Waals surface area contributed by atoms with Gasteiger partial charge in [-0.1, -0.05) is 29.8 Å². The van der Waals surface area contributed by atoms with Gasteiger partial charge in [0.25, 0.3) is 11.8 Å². The lowest BCUT2D eigenvalue weighted by molar-refractivity contribution is -0.118. The van der Waals surface area contributed by atoms with Crippen LogP contribution in [0.4, 0.5) is 11.4 Å². The van der Waals surface area contributed by atoms with Crippen molar-refractivity contribution in [2.24, 2.45) is 0 Å². The molecule has 2 aromatic heterocycles. The second-order valence-corrected chi connectivity index (χ2v) is 7.34. The number of para-hydroxylation sites is 1. The Kier molecular flexibility index (Phi) is 4.72. The molecule has 0 bridgehead atoms. The molecule has 0 aliphatic carbocycles. The van der Waals surface area contributed by atoms with E-state index < -0.39 is 0 Å². The first-order chi connectivity index (χ1) is 15.1. The van der Waals surface area contributed by atoms with Crippen LogP contribution >= 0.6 is 11.6 Å². The van der Waals surface area contributed by atoms with Crippen molar-refractivity contribution in [2.75, 3.05) is 17.2 Å². The summed E-state index contributed by atoms with van der Waals surface area (Å²) in [5.41, 5.74) is 3.43. The van der Waals surface area contributed by atoms with E-state index in [2.05, 4.69) is 20.6 Å². The van der Waals surface area contributed by atoms with E-state index in [0.29, 0.717) is 39.3 Å². The minimum absolute atomic E-state index is 0.0918. The van der Waals surface area contributed by atoms with Crippen molar-refractivity contribution in [3.63, 3.8) is 0 Å². The normalized spacial score (nSPS) is 12.6. The Labute approximate surface area is 182 Å². The van der Waals surface area contributed by atoms with Crippen LogP contribution in [0.1, 0.15) is 10.4 Å². The van der Waals surface area contributed by atoms with E-state index in [0.717, 1.165) is 5.56 Å². The van der Waals surface area contributed by atoms with E-state index in [1.54, 1.807) is 30.6 Å². The molecule has 2 N–H and O–H groups in total. The number of amides is 2. The van der Waals surface area contributed by atoms with Crippen molar-refractivity contribution < 1.29 is 14.3 Å². The Morgan fingerprint density at radius 1 is 1.13 bits per heavy atom. The molecule has 0 radical (unpaired) electrons. The smallest absolute Gasteiger partial charge is 0.262 e. The summed E-state index contributed by atoms with van der Waals surface area (Å²) in [4.78, 5) is 33.6. The lowest BCUT2D eigenvalue weighted by Crippen LogP contribution is -2.25. The van der Waals surface area contributed by atoms with Crippen LogP contribution in [0.2, 0.25) is 5.02 Å². The number of rotatable bonds is 3. The lowest BCUT2D eigenvalue weighted by atomic mass is 10.0. The number of anilines is 2. The van der Waals surface area contributed by atoms with Gasteiger partial charge in [-0.3, -0.25) is 14.6 Å². The number of aromatic nitrogens is 2. The molecular formula is C23H15ClN4O3. The summed E-state index contributed by atoms with van der Waals surface area (Å²) >= 11 is 6.34. The van der Waals surface area contributed by atoms with Gasteiger partial charge in [0.1, 0.15) is 5.75 Å². The zero-order valence-corrected chi connectivity index (χ0v) is 16.8. The molecule has 3 heterocycles. The molecule has 0 unspecified atom stereocenters. The number of carbonyl (C=O) groups is 2. The van der Waals surface area contributed by atoms with E-state index in [-0.39, 0.29) is 23.4 Å². The second kappa shape index (κ2) is 7.70. The molecule has 2 aromatic carbocycles. The Bertz CT molecular complexity index is 1340. The fraction of sp³-hybridized carbons (Fsp3) is 0.0435. The molecule has 1 aliphatic heterocycles. The van der Waals surface area contributed by atoms with Gasteiger partial charge in [-0.15, -0.1) is 0 Å². The van der Waals surface area contributed by atoms with Crippen molar-refractivity contribution >= 4 is 45.7 Å². The number of hydrogen-bond donors (Lipinski definition) is 2. The summed E-state index contributed by atoms with van der Waals surface area (Å²) in [5.74, 6) is -0.160. The second-order valence-electron chi connectivity index (χ2n) is 6.93. The predicted octanol–water partition coefficient (Wildman–Crippen LogP) is 4.53. The highest BCUT2D eigenvalue weighted by atomic mass is 35.5. The van der Waals surface area contributed by atoms with E-state index in [1.165, 1.54) is 0 Å². The first-order valence-electron chi connectivity index (χ1n) is 9.46. The van der Waals surface area contributed by atoms with Gasteiger partial charge in [0, 0.05) is 29.4 Å². The van der Waals surface area contributed by atoms with Gasteiger partial charge in [-0.2, -0.15) is 0 Å². The van der Waals surface area contributed by atoms with Crippen LogP contribution in [0, 0.1) is 0 Å². The quantitative estimate of drug-likeness (QED) is 0.498. The van der Waals surface area contributed by atoms with Gasteiger partial charge in [0.15, 0.2) is 6.61 Å². The maximum absolute atomic E-state index is 13.3. The Hall–Kier alpha value is -3.97. The van der Waals surface area contributed by atoms with Gasteiger partial charge in [0.2, 0.25) is 0 Å². The molecule has 8 heteroatoms. The van der Waals surface area contributed by atoms with Gasteiger partial charge in [-0.05, 0) is 30.3 Å². The fourth-order valence-electron chi connectivity index (χ4n) is 3.41. The summed E-state index contributed by atoms with van der Waals surface area (Å²) in [6.07, 6.45) is 3.38. The van der Waals surface area contributed by atoms with Crippen LogP contribution in [0.25, 0.3) is 22.2 Å². The van der Waals surface area contributed by atoms with E-state index >= 15 is 0 Å². The van der Waals surface area contributed by atoms with Crippen LogP contribution in [0.3, 0.4) is 0 Å². The van der Waals surface area contributed by atoms with Crippen LogP contribution < -0.4 is 15.4 Å². The van der Waals surface area contributed by atoms with Gasteiger partial charge in [-0.25, -0.2) is 4.98 Å². The van der Waals surface area contributed by atoms with Crippen molar-refractivity contribution in [2.45, 2.75) is 0 Å². The number of benzene rings is 2. The molecule has 1 aliphatic rings. The summed E-state index contributed by atoms with van der Waals surface area (Å²) in [6.45, 7) is -0.0918. The average molecular weight is 431 g/mol. The summed E-state index contributed by atoms with van der Waals surface area (Å²) in [5, 5.41) is 6.53. The third-order valence-corrected chi connectivity index (χ3v) is 5.18. The molecule has 7 nitrogen and oxygen atoms in total. The van der Waals surface area contributed by atoms with Crippen molar-refractivity contribution in [3.8, 4) is 17.0 Å². The molecular weight excluding hydrogens is 416 g/mol. The maximum atomic E-state index is 13.3. The number of carbonyl (C=O) groups excluding carboxylic acids is 2. The minimum Gasteiger partial charge on any atom is -0.482 e. The summed E-state index contributed by atoms with van der Waals surface area (Å²) < 4.78 is 5.43. The highest BCUT2D eigenvalue weighted by Gasteiger charge is 2.20. The first-order valence-corrected chi connectivity index (χ1v) is 9.84. The molecule has 152 valence electrons. The highest BCUT2D eigenvalue weighted by molar-refractivity contribution is 6.34. The summed E-state index contributed by atoms with van der Waals surface area (Å²) in [7, 11) is 0. The minimum atomic E-state index is -0.342. The molecule has 0 atom stereocenters. The third kappa shape index (κ3) is 3.67. The van der Waals surface area contributed by atoms with E-state index in [4.69, 9.17) is 16.3 Å². The van der Waals surface area contributed by atoms with Crippen molar-refractivity contribution in [1.82, 2.24) is 9.97 Å². The zero-order valence-electron chi connectivity index (χ0n) is 16.1. The molecule has 0 spiro atoms. The number of ether oxygens (including phenoxy) is 1. The number of pyridine rings is 2. The van der Waals surface area contributed by atoms with Gasteiger partial charge < -0.3 is 15.4 Å². The molecule has 31 heavy (non-hydrogen) atoms. The monoisotopic (exact) mass is 430 g/mol. The number of fused-ring (bicyclic) bond motifs is 2. The Balaban J connectivity index is 1.55. The Morgan fingerprint density at radius 3 is 2.84 bits per heavy atom. The number of nitrogens with zero attached hydrogens (tertiary/aromatic N) is 2. The summed E-state index contributed by atoms with van der Waals surface area (Å²) in [6, 6.07) is 16.0. The molecule has 2 amide bonds. The van der Waals surface area contributed by atoms with E-state index in [9.17, 15) is 9.59 Å². The van der Waals surface area contributed by atoms with Crippen molar-refractivity contribution in [3.05, 3.63) is 77.6 Å². The standard InChI is InChI=1S/C23H15ClN4O3/c24-16-9-20-21(31-12-22(29)27-20)10-19(16)28-23(30)15-8-18(13-4-3-7-25-11-13)26-17-6-2-1-5-14(15)17/h1-11H,12H2,(H,27,29)(H,28,30). The average Bonchev–Trinajstić information content (AvgIpc) is 2.79. The molecule has 4 aromatic rings. The molecule has 0 fully saturated rings. The predicted molar refractivity (Wildman–Crippen MR) is 119 cm³/mol. The fourth-order valence-corrected chi connectivity index (χ4v) is 3.62. The highest BCUT2D eigenvalue weighted by Crippen LogP contribution is 2.37. The van der Waals surface area contributed by atoms with Crippen LogP contribution in [-0.2, 0) is 4.79 Å². The largest absolute Gasteiger partial charge is 0.482 e. The lowest BCUT2D eigenvalue weighted by Gasteiger charge is -2.20. The topological polar surface area (TPSA) is 93.2 Å². The van der Waals surface area contributed by atoms with Crippen LogP contribution in [-0.4, -0.2) is 28.4 Å². The van der Waals surface area contributed by atoms with Crippen LogP contribution in [0.15, 0.2) is 67.0 Å². The maximum Gasteiger partial charge on any atom is 0.262 e. The third-order valence-electron chi connectivity index (χ3n) is 4.87. The van der Waals surface area contributed by atoms with Gasteiger partial charge in [0.05, 0.1) is 33.2 Å². The number of halogens is 1. The Morgan fingerprint density at radius 2 is 2.00 bits per heavy atom. The van der Waals surface area contributed by atoms with E-state index in [1.807, 2.05) is 36.4 Å². The van der Waals surface area contributed by atoms with Gasteiger partial charge >= 0.3 is 0 Å². The molecule has 5 rings (SSSR count). The zero-order chi connectivity index (χ0) is 21.4. The molecule has 0 saturated carbocycles. The number of nitrogens with one attached hydrogen (secondary N) is 2. The van der Waals surface area contributed by atoms with Crippen molar-refractivity contribution in [1.29, 1.82) is 0 Å². The number of hydrogen-bond acceptors (Lipinski definition) is 5. The molecule has 0 saturated heterocycles. The first kappa shape index (κ1) is 19.0. The SMILES string of the molecule is O=C1COc2cc(NC(=O)c3cc(-c4cccnc4)nc4ccccc34)c(Cl)cc2N1.